The zero-order valence-electron chi connectivity index (χ0n) is 9.99. The van der Waals surface area contributed by atoms with E-state index in [9.17, 15) is 13.6 Å². The second kappa shape index (κ2) is 4.51. The molecule has 6 heteroatoms. The molecule has 0 spiro atoms. The third kappa shape index (κ3) is 2.57. The maximum atomic E-state index is 13.1. The molecule has 1 aromatic rings. The number of aromatic carboxylic acids is 1. The van der Waals surface area contributed by atoms with Crippen LogP contribution in [0.1, 0.15) is 28.8 Å². The number of aryl methyl sites for hydroxylation is 1. The summed E-state index contributed by atoms with van der Waals surface area (Å²) in [5, 5.41) is 9.11. The number of nitrogens with zero attached hydrogens (tertiary/aromatic N) is 2. The molecule has 0 amide bonds. The van der Waals surface area contributed by atoms with E-state index in [-0.39, 0.29) is 37.3 Å². The van der Waals surface area contributed by atoms with Gasteiger partial charge in [-0.2, -0.15) is 0 Å². The van der Waals surface area contributed by atoms with Gasteiger partial charge in [0.25, 0.3) is 5.92 Å². The fraction of sp³-hybridized carbons (Fsp3) is 0.500. The molecule has 4 nitrogen and oxygen atoms in total. The molecular formula is C12H14F2N2O2. The van der Waals surface area contributed by atoms with Crippen molar-refractivity contribution in [3.63, 3.8) is 0 Å². The highest BCUT2D eigenvalue weighted by Crippen LogP contribution is 2.31. The van der Waals surface area contributed by atoms with Crippen LogP contribution in [0.4, 0.5) is 14.6 Å². The van der Waals surface area contributed by atoms with Gasteiger partial charge in [-0.1, -0.05) is 0 Å². The Bertz CT molecular complexity index is 467. The Hall–Kier alpha value is -1.72. The predicted molar refractivity (Wildman–Crippen MR) is 62.3 cm³/mol. The van der Waals surface area contributed by atoms with Crippen LogP contribution in [0, 0.1) is 6.92 Å². The lowest BCUT2D eigenvalue weighted by atomic mass is 10.1. The van der Waals surface area contributed by atoms with Crippen molar-refractivity contribution in [2.24, 2.45) is 0 Å². The van der Waals surface area contributed by atoms with Gasteiger partial charge in [0.1, 0.15) is 11.4 Å². The summed E-state index contributed by atoms with van der Waals surface area (Å²) in [5.74, 6) is -3.45. The van der Waals surface area contributed by atoms with E-state index in [4.69, 9.17) is 5.11 Å². The highest BCUT2D eigenvalue weighted by atomic mass is 19.3. The van der Waals surface area contributed by atoms with E-state index >= 15 is 0 Å². The largest absolute Gasteiger partial charge is 0.478 e. The molecule has 0 atom stereocenters. The highest BCUT2D eigenvalue weighted by molar-refractivity contribution is 5.93. The van der Waals surface area contributed by atoms with Crippen LogP contribution in [0.25, 0.3) is 0 Å². The third-order valence-electron chi connectivity index (χ3n) is 3.03. The summed E-state index contributed by atoms with van der Waals surface area (Å²) >= 11 is 0. The van der Waals surface area contributed by atoms with Crippen molar-refractivity contribution in [2.45, 2.75) is 25.7 Å². The van der Waals surface area contributed by atoms with Crippen molar-refractivity contribution in [3.8, 4) is 0 Å². The lowest BCUT2D eigenvalue weighted by Crippen LogP contribution is -2.40. The van der Waals surface area contributed by atoms with Crippen molar-refractivity contribution in [1.29, 1.82) is 0 Å². The van der Waals surface area contributed by atoms with E-state index in [2.05, 4.69) is 4.98 Å². The normalized spacial score (nSPS) is 18.7. The van der Waals surface area contributed by atoms with Crippen molar-refractivity contribution in [2.75, 3.05) is 18.0 Å². The molecule has 1 fully saturated rings. The molecule has 1 N–H and O–H groups in total. The lowest BCUT2D eigenvalue weighted by molar-refractivity contribution is -0.0221. The first-order valence-corrected chi connectivity index (χ1v) is 5.72. The zero-order chi connectivity index (χ0) is 13.3. The molecule has 2 heterocycles. The first-order chi connectivity index (χ1) is 8.39. The van der Waals surface area contributed by atoms with Crippen LogP contribution in [-0.4, -0.2) is 35.1 Å². The first kappa shape index (κ1) is 12.7. The number of hydrogen-bond donors (Lipinski definition) is 1. The number of aromatic nitrogens is 1. The van der Waals surface area contributed by atoms with E-state index in [0.717, 1.165) is 5.56 Å². The minimum absolute atomic E-state index is 0.0696. The minimum Gasteiger partial charge on any atom is -0.478 e. The van der Waals surface area contributed by atoms with Crippen molar-refractivity contribution in [1.82, 2.24) is 4.98 Å². The van der Waals surface area contributed by atoms with Gasteiger partial charge >= 0.3 is 5.97 Å². The summed E-state index contributed by atoms with van der Waals surface area (Å²) in [6, 6.07) is 1.51. The topological polar surface area (TPSA) is 53.4 Å². The van der Waals surface area contributed by atoms with E-state index in [1.807, 2.05) is 0 Å². The average molecular weight is 256 g/mol. The Kier molecular flexibility index (Phi) is 3.19. The second-order valence-electron chi connectivity index (χ2n) is 4.53. The predicted octanol–water partition coefficient (Wildman–Crippen LogP) is 2.32. The number of pyridine rings is 1. The standard InChI is InChI=1S/C12H14F2N2O2/c1-8-6-9(11(17)18)10(15-7-8)16-4-2-12(13,14)3-5-16/h6-7H,2-5H2,1H3,(H,17,18). The van der Waals surface area contributed by atoms with Crippen LogP contribution in [0.15, 0.2) is 12.3 Å². The molecule has 0 bridgehead atoms. The summed E-state index contributed by atoms with van der Waals surface area (Å²) < 4.78 is 26.1. The quantitative estimate of drug-likeness (QED) is 0.882. The number of rotatable bonds is 2. The van der Waals surface area contributed by atoms with Crippen LogP contribution in [0.2, 0.25) is 0 Å². The summed E-state index contributed by atoms with van der Waals surface area (Å²) in [6.45, 7) is 2.00. The van der Waals surface area contributed by atoms with Crippen LogP contribution < -0.4 is 4.90 Å². The number of piperidine rings is 1. The maximum Gasteiger partial charge on any atom is 0.339 e. The van der Waals surface area contributed by atoms with Gasteiger partial charge in [-0.25, -0.2) is 18.6 Å². The average Bonchev–Trinajstić information content (AvgIpc) is 2.29. The van der Waals surface area contributed by atoms with Gasteiger partial charge in [-0.05, 0) is 18.6 Å². The van der Waals surface area contributed by atoms with E-state index < -0.39 is 11.9 Å². The van der Waals surface area contributed by atoms with Gasteiger partial charge in [0.05, 0.1) is 0 Å². The third-order valence-corrected chi connectivity index (χ3v) is 3.03. The van der Waals surface area contributed by atoms with Crippen LogP contribution in [0.5, 0.6) is 0 Å². The van der Waals surface area contributed by atoms with Gasteiger partial charge < -0.3 is 10.0 Å². The first-order valence-electron chi connectivity index (χ1n) is 5.72. The van der Waals surface area contributed by atoms with Crippen LogP contribution in [-0.2, 0) is 0 Å². The molecular weight excluding hydrogens is 242 g/mol. The summed E-state index contributed by atoms with van der Waals surface area (Å²) in [5.41, 5.74) is 0.804. The van der Waals surface area contributed by atoms with E-state index in [0.29, 0.717) is 0 Å². The van der Waals surface area contributed by atoms with Crippen molar-refractivity contribution >= 4 is 11.8 Å². The number of hydrogen-bond acceptors (Lipinski definition) is 3. The number of halogens is 2. The minimum atomic E-state index is -2.65. The fourth-order valence-corrected chi connectivity index (χ4v) is 2.02. The van der Waals surface area contributed by atoms with Crippen molar-refractivity contribution < 1.29 is 18.7 Å². The summed E-state index contributed by atoms with van der Waals surface area (Å²) in [6.07, 6.45) is 1.03. The maximum absolute atomic E-state index is 13.1. The Morgan fingerprint density at radius 2 is 2.06 bits per heavy atom. The molecule has 1 saturated heterocycles. The van der Waals surface area contributed by atoms with Crippen molar-refractivity contribution in [3.05, 3.63) is 23.4 Å². The Balaban J connectivity index is 2.26. The molecule has 98 valence electrons. The second-order valence-corrected chi connectivity index (χ2v) is 4.53. The zero-order valence-corrected chi connectivity index (χ0v) is 9.99. The molecule has 1 aromatic heterocycles. The Morgan fingerprint density at radius 1 is 1.44 bits per heavy atom. The number of carbonyl (C=O) groups is 1. The molecule has 18 heavy (non-hydrogen) atoms. The Morgan fingerprint density at radius 3 is 2.61 bits per heavy atom. The van der Waals surface area contributed by atoms with Crippen LogP contribution >= 0.6 is 0 Å². The monoisotopic (exact) mass is 256 g/mol. The molecule has 0 unspecified atom stereocenters. The molecule has 1 aliphatic rings. The van der Waals surface area contributed by atoms with E-state index in [1.54, 1.807) is 18.0 Å². The molecule has 0 radical (unpaired) electrons. The number of anilines is 1. The number of carboxylic acids is 1. The van der Waals surface area contributed by atoms with Gasteiger partial charge in [-0.15, -0.1) is 0 Å². The fourth-order valence-electron chi connectivity index (χ4n) is 2.02. The number of alkyl halides is 2. The molecule has 0 aliphatic carbocycles. The Labute approximate surface area is 103 Å². The summed E-state index contributed by atoms with van der Waals surface area (Å²) in [7, 11) is 0. The van der Waals surface area contributed by atoms with Gasteiger partial charge in [0.2, 0.25) is 0 Å². The lowest BCUT2D eigenvalue weighted by Gasteiger charge is -2.33. The summed E-state index contributed by atoms with van der Waals surface area (Å²) in [4.78, 5) is 16.8. The number of carboxylic acid groups (broad SMARTS) is 1. The highest BCUT2D eigenvalue weighted by Gasteiger charge is 2.35. The van der Waals surface area contributed by atoms with Crippen LogP contribution in [0.3, 0.4) is 0 Å². The van der Waals surface area contributed by atoms with Gasteiger partial charge in [0, 0.05) is 32.1 Å². The molecule has 1 aliphatic heterocycles. The SMILES string of the molecule is Cc1cnc(N2CCC(F)(F)CC2)c(C(=O)O)c1. The molecule has 0 saturated carbocycles. The van der Waals surface area contributed by atoms with E-state index in [1.165, 1.54) is 6.07 Å². The molecule has 0 aromatic carbocycles. The molecule has 2 rings (SSSR count). The van der Waals surface area contributed by atoms with Gasteiger partial charge in [0.15, 0.2) is 0 Å². The van der Waals surface area contributed by atoms with Gasteiger partial charge in [-0.3, -0.25) is 0 Å². The smallest absolute Gasteiger partial charge is 0.339 e.